The summed E-state index contributed by atoms with van der Waals surface area (Å²) in [5.74, 6) is 1.69. The van der Waals surface area contributed by atoms with E-state index >= 15 is 0 Å². The van der Waals surface area contributed by atoms with E-state index in [0.29, 0.717) is 0 Å². The van der Waals surface area contributed by atoms with Crippen molar-refractivity contribution < 1.29 is 9.15 Å². The third-order valence-electron chi connectivity index (χ3n) is 4.23. The number of para-hydroxylation sites is 2. The normalized spacial score (nSPS) is 17.0. The molecule has 0 saturated carbocycles. The summed E-state index contributed by atoms with van der Waals surface area (Å²) < 4.78 is 11.1. The Morgan fingerprint density at radius 3 is 2.54 bits per heavy atom. The summed E-state index contributed by atoms with van der Waals surface area (Å²) >= 11 is 0. The highest BCUT2D eigenvalue weighted by Gasteiger charge is 2.32. The lowest BCUT2D eigenvalue weighted by molar-refractivity contribution is 0.405. The van der Waals surface area contributed by atoms with E-state index in [0.717, 1.165) is 34.9 Å². The Morgan fingerprint density at radius 1 is 1.00 bits per heavy atom. The molecule has 0 bridgehead atoms. The van der Waals surface area contributed by atoms with Gasteiger partial charge in [0.1, 0.15) is 17.2 Å². The third-order valence-corrected chi connectivity index (χ3v) is 4.23. The highest BCUT2D eigenvalue weighted by atomic mass is 16.5. The maximum atomic E-state index is 5.57. The predicted octanol–water partition coefficient (Wildman–Crippen LogP) is 4.64. The van der Waals surface area contributed by atoms with Crippen LogP contribution < -0.4 is 9.75 Å². The standard InChI is InChI=1S/C20H18N2O2/c1-23-19-11-6-5-10-16(19)18-14-17(20-12-7-13-24-20)21-22(18)15-8-3-2-4-9-15/h2-13,18H,14H2,1H3/t18-/m1/s1. The summed E-state index contributed by atoms with van der Waals surface area (Å²) in [6.45, 7) is 0. The van der Waals surface area contributed by atoms with Gasteiger partial charge < -0.3 is 9.15 Å². The molecule has 0 saturated heterocycles. The molecule has 1 aliphatic rings. The van der Waals surface area contributed by atoms with Crippen LogP contribution in [-0.4, -0.2) is 12.8 Å². The molecule has 4 heteroatoms. The van der Waals surface area contributed by atoms with Gasteiger partial charge in [-0.3, -0.25) is 5.01 Å². The first-order chi connectivity index (χ1) is 11.9. The van der Waals surface area contributed by atoms with Crippen molar-refractivity contribution in [2.45, 2.75) is 12.5 Å². The Morgan fingerprint density at radius 2 is 1.79 bits per heavy atom. The van der Waals surface area contributed by atoms with Crippen LogP contribution in [0.4, 0.5) is 5.69 Å². The molecular weight excluding hydrogens is 300 g/mol. The van der Waals surface area contributed by atoms with Gasteiger partial charge >= 0.3 is 0 Å². The lowest BCUT2D eigenvalue weighted by Gasteiger charge is -2.25. The van der Waals surface area contributed by atoms with Crippen molar-refractivity contribution in [2.75, 3.05) is 12.1 Å². The number of furan rings is 1. The molecule has 0 radical (unpaired) electrons. The SMILES string of the molecule is COc1ccccc1[C@H]1CC(c2ccco2)=NN1c1ccccc1. The number of nitrogens with zero attached hydrogens (tertiary/aromatic N) is 2. The molecule has 0 amide bonds. The van der Waals surface area contributed by atoms with Crippen molar-refractivity contribution in [3.8, 4) is 5.75 Å². The van der Waals surface area contributed by atoms with Crippen LogP contribution in [0, 0.1) is 0 Å². The van der Waals surface area contributed by atoms with Gasteiger partial charge in [-0.2, -0.15) is 5.10 Å². The average Bonchev–Trinajstić information content (AvgIpc) is 3.32. The van der Waals surface area contributed by atoms with Gasteiger partial charge in [0.05, 0.1) is 25.1 Å². The molecule has 1 aromatic heterocycles. The van der Waals surface area contributed by atoms with Crippen LogP contribution in [0.5, 0.6) is 5.75 Å². The van der Waals surface area contributed by atoms with Gasteiger partial charge in [-0.25, -0.2) is 0 Å². The fourth-order valence-electron chi connectivity index (χ4n) is 3.10. The molecular formula is C20H18N2O2. The van der Waals surface area contributed by atoms with E-state index in [9.17, 15) is 0 Å². The average molecular weight is 318 g/mol. The first kappa shape index (κ1) is 14.6. The molecule has 0 spiro atoms. The van der Waals surface area contributed by atoms with Crippen molar-refractivity contribution in [2.24, 2.45) is 5.10 Å². The van der Waals surface area contributed by atoms with E-state index in [4.69, 9.17) is 14.3 Å². The summed E-state index contributed by atoms with van der Waals surface area (Å²) in [6.07, 6.45) is 2.45. The lowest BCUT2D eigenvalue weighted by atomic mass is 9.99. The van der Waals surface area contributed by atoms with Gasteiger partial charge in [0.2, 0.25) is 0 Å². The molecule has 0 aliphatic carbocycles. The minimum atomic E-state index is 0.0728. The predicted molar refractivity (Wildman–Crippen MR) is 94.5 cm³/mol. The number of ether oxygens (including phenoxy) is 1. The molecule has 120 valence electrons. The molecule has 0 fully saturated rings. The zero-order valence-electron chi connectivity index (χ0n) is 13.4. The zero-order chi connectivity index (χ0) is 16.4. The Hall–Kier alpha value is -3.01. The van der Waals surface area contributed by atoms with Gasteiger partial charge in [0, 0.05) is 12.0 Å². The molecule has 0 unspecified atom stereocenters. The topological polar surface area (TPSA) is 38.0 Å². The summed E-state index contributed by atoms with van der Waals surface area (Å²) in [4.78, 5) is 0. The number of methoxy groups -OCH3 is 1. The molecule has 0 N–H and O–H groups in total. The smallest absolute Gasteiger partial charge is 0.149 e. The van der Waals surface area contributed by atoms with E-state index in [1.807, 2.05) is 48.5 Å². The highest BCUT2D eigenvalue weighted by molar-refractivity contribution is 6.01. The van der Waals surface area contributed by atoms with E-state index in [2.05, 4.69) is 23.2 Å². The molecule has 2 aromatic carbocycles. The molecule has 3 aromatic rings. The first-order valence-corrected chi connectivity index (χ1v) is 7.95. The van der Waals surface area contributed by atoms with E-state index in [1.165, 1.54) is 0 Å². The Bertz CT molecular complexity index is 841. The monoisotopic (exact) mass is 318 g/mol. The number of hydrogen-bond acceptors (Lipinski definition) is 4. The molecule has 24 heavy (non-hydrogen) atoms. The summed E-state index contributed by atoms with van der Waals surface area (Å²) in [5, 5.41) is 6.89. The first-order valence-electron chi connectivity index (χ1n) is 7.95. The maximum absolute atomic E-state index is 5.57. The van der Waals surface area contributed by atoms with Crippen LogP contribution in [-0.2, 0) is 0 Å². The third kappa shape index (κ3) is 2.56. The van der Waals surface area contributed by atoms with Gasteiger partial charge in [-0.15, -0.1) is 0 Å². The lowest BCUT2D eigenvalue weighted by Crippen LogP contribution is -2.19. The second-order valence-corrected chi connectivity index (χ2v) is 5.67. The van der Waals surface area contributed by atoms with E-state index < -0.39 is 0 Å². The van der Waals surface area contributed by atoms with Crippen LogP contribution in [0.25, 0.3) is 0 Å². The highest BCUT2D eigenvalue weighted by Crippen LogP contribution is 2.39. The second kappa shape index (κ2) is 6.24. The van der Waals surface area contributed by atoms with Crippen molar-refractivity contribution in [1.29, 1.82) is 0 Å². The van der Waals surface area contributed by atoms with Gasteiger partial charge in [-0.1, -0.05) is 36.4 Å². The summed E-state index contributed by atoms with van der Waals surface area (Å²) in [6, 6.07) is 22.2. The Kier molecular flexibility index (Phi) is 3.79. The number of hydrogen-bond donors (Lipinski definition) is 0. The van der Waals surface area contributed by atoms with Crippen LogP contribution in [0.3, 0.4) is 0 Å². The minimum Gasteiger partial charge on any atom is -0.496 e. The van der Waals surface area contributed by atoms with Crippen LogP contribution in [0.15, 0.2) is 82.5 Å². The fourth-order valence-corrected chi connectivity index (χ4v) is 3.10. The maximum Gasteiger partial charge on any atom is 0.149 e. The summed E-state index contributed by atoms with van der Waals surface area (Å²) in [5.41, 5.74) is 3.11. The number of rotatable bonds is 4. The quantitative estimate of drug-likeness (QED) is 0.703. The van der Waals surface area contributed by atoms with Gasteiger partial charge in [0.25, 0.3) is 0 Å². The van der Waals surface area contributed by atoms with Crippen LogP contribution >= 0.6 is 0 Å². The zero-order valence-corrected chi connectivity index (χ0v) is 13.4. The minimum absolute atomic E-state index is 0.0728. The fraction of sp³-hybridized carbons (Fsp3) is 0.150. The van der Waals surface area contributed by atoms with Crippen molar-refractivity contribution in [3.05, 3.63) is 84.3 Å². The van der Waals surface area contributed by atoms with Crippen LogP contribution in [0.2, 0.25) is 0 Å². The number of anilines is 1. The molecule has 4 rings (SSSR count). The van der Waals surface area contributed by atoms with Crippen molar-refractivity contribution in [1.82, 2.24) is 0 Å². The molecule has 1 aliphatic heterocycles. The molecule has 2 heterocycles. The van der Waals surface area contributed by atoms with Crippen molar-refractivity contribution >= 4 is 11.4 Å². The van der Waals surface area contributed by atoms with Gasteiger partial charge in [-0.05, 0) is 30.3 Å². The number of hydrazone groups is 1. The molecule has 1 atom stereocenters. The number of benzene rings is 2. The van der Waals surface area contributed by atoms with E-state index in [1.54, 1.807) is 13.4 Å². The second-order valence-electron chi connectivity index (χ2n) is 5.67. The molecule has 4 nitrogen and oxygen atoms in total. The van der Waals surface area contributed by atoms with Crippen LogP contribution in [0.1, 0.15) is 23.8 Å². The Labute approximate surface area is 141 Å². The van der Waals surface area contributed by atoms with Crippen molar-refractivity contribution in [3.63, 3.8) is 0 Å². The Balaban J connectivity index is 1.78. The summed E-state index contributed by atoms with van der Waals surface area (Å²) in [7, 11) is 1.70. The van der Waals surface area contributed by atoms with Gasteiger partial charge in [0.15, 0.2) is 0 Å². The van der Waals surface area contributed by atoms with E-state index in [-0.39, 0.29) is 6.04 Å². The largest absolute Gasteiger partial charge is 0.496 e.